The largest absolute Gasteiger partial charge is 0.417 e. The van der Waals surface area contributed by atoms with Crippen LogP contribution >= 0.6 is 23.2 Å². The quantitative estimate of drug-likeness (QED) is 0.577. The van der Waals surface area contributed by atoms with E-state index >= 15 is 0 Å². The van der Waals surface area contributed by atoms with Gasteiger partial charge in [0, 0.05) is 28.2 Å². The van der Waals surface area contributed by atoms with Gasteiger partial charge in [-0.1, -0.05) is 41.4 Å². The Bertz CT molecular complexity index is 992. The Kier molecular flexibility index (Phi) is 5.62. The monoisotopic (exact) mass is 411 g/mol. The molecule has 0 spiro atoms. The molecule has 5 nitrogen and oxygen atoms in total. The van der Waals surface area contributed by atoms with Gasteiger partial charge in [-0.15, -0.1) is 0 Å². The zero-order valence-corrected chi connectivity index (χ0v) is 15.4. The van der Waals surface area contributed by atoms with E-state index in [1.54, 1.807) is 42.5 Å². The third kappa shape index (κ3) is 4.37. The van der Waals surface area contributed by atoms with E-state index in [1.165, 1.54) is 13.2 Å². The number of carbonyl (C=O) groups is 1. The molecule has 0 fully saturated rings. The van der Waals surface area contributed by atoms with Crippen molar-refractivity contribution in [2.45, 2.75) is 6.43 Å². The van der Waals surface area contributed by atoms with Crippen LogP contribution in [0.5, 0.6) is 5.75 Å². The summed E-state index contributed by atoms with van der Waals surface area (Å²) in [6.45, 7) is 0. The predicted octanol–water partition coefficient (Wildman–Crippen LogP) is 5.94. The molecule has 0 radical (unpaired) electrons. The maximum atomic E-state index is 13.0. The van der Waals surface area contributed by atoms with Crippen molar-refractivity contribution in [3.8, 4) is 16.9 Å². The molecule has 9 heteroatoms. The Hall–Kier alpha value is -2.64. The maximum absolute atomic E-state index is 13.0. The number of aryl methyl sites for hydroxylation is 1. The lowest BCUT2D eigenvalue weighted by Crippen LogP contribution is -2.17. The van der Waals surface area contributed by atoms with Gasteiger partial charge >= 0.3 is 6.09 Å². The summed E-state index contributed by atoms with van der Waals surface area (Å²) in [6, 6.07) is 11.8. The van der Waals surface area contributed by atoms with Gasteiger partial charge in [0.2, 0.25) is 0 Å². The fraction of sp³-hybridized carbons (Fsp3) is 0.111. The van der Waals surface area contributed by atoms with Crippen molar-refractivity contribution in [1.29, 1.82) is 0 Å². The number of rotatable bonds is 4. The van der Waals surface area contributed by atoms with Crippen molar-refractivity contribution < 1.29 is 18.3 Å². The Labute approximate surface area is 163 Å². The molecule has 1 N–H and O–H groups in total. The zero-order valence-electron chi connectivity index (χ0n) is 13.9. The van der Waals surface area contributed by atoms with Crippen molar-refractivity contribution in [2.75, 3.05) is 5.32 Å². The number of hydrogen-bond donors (Lipinski definition) is 1. The van der Waals surface area contributed by atoms with Gasteiger partial charge in [-0.05, 0) is 24.3 Å². The van der Waals surface area contributed by atoms with E-state index in [2.05, 4.69) is 10.4 Å². The molecule has 0 aliphatic rings. The highest BCUT2D eigenvalue weighted by molar-refractivity contribution is 6.35. The standard InChI is InChI=1S/C18H13Cl2F2N3O2/c1-25-9-15(16(24-25)17(21)22)27-18(26)23-14-5-3-2-4-11(14)12-8-10(19)6-7-13(12)20/h2-9,17H,1H3,(H,23,26). The van der Waals surface area contributed by atoms with E-state index in [0.717, 1.165) is 4.68 Å². The van der Waals surface area contributed by atoms with Crippen LogP contribution in [-0.2, 0) is 7.05 Å². The predicted molar refractivity (Wildman–Crippen MR) is 99.7 cm³/mol. The van der Waals surface area contributed by atoms with E-state index in [9.17, 15) is 13.6 Å². The first-order valence-electron chi connectivity index (χ1n) is 7.70. The van der Waals surface area contributed by atoms with Gasteiger partial charge in [-0.2, -0.15) is 5.10 Å². The molecule has 2 aromatic carbocycles. The number of ether oxygens (including phenoxy) is 1. The van der Waals surface area contributed by atoms with E-state index < -0.39 is 18.2 Å². The summed E-state index contributed by atoms with van der Waals surface area (Å²) in [6.07, 6.45) is -2.61. The molecule has 0 unspecified atom stereocenters. The van der Waals surface area contributed by atoms with Gasteiger partial charge in [0.05, 0.1) is 11.9 Å². The molecule has 140 valence electrons. The van der Waals surface area contributed by atoms with E-state index in [0.29, 0.717) is 26.9 Å². The Morgan fingerprint density at radius 2 is 1.93 bits per heavy atom. The molecule has 1 amide bonds. The second kappa shape index (κ2) is 7.94. The number of alkyl halides is 2. The van der Waals surface area contributed by atoms with Gasteiger partial charge in [-0.3, -0.25) is 10.00 Å². The third-order valence-electron chi connectivity index (χ3n) is 3.61. The molecule has 1 aromatic heterocycles. The molecule has 27 heavy (non-hydrogen) atoms. The maximum Gasteiger partial charge on any atom is 0.417 e. The Morgan fingerprint density at radius 3 is 2.67 bits per heavy atom. The fourth-order valence-corrected chi connectivity index (χ4v) is 2.87. The summed E-state index contributed by atoms with van der Waals surface area (Å²) in [4.78, 5) is 12.2. The first kappa shape index (κ1) is 19.1. The average molecular weight is 412 g/mol. The third-order valence-corrected chi connectivity index (χ3v) is 4.18. The zero-order chi connectivity index (χ0) is 19.6. The van der Waals surface area contributed by atoms with E-state index in [4.69, 9.17) is 27.9 Å². The van der Waals surface area contributed by atoms with Crippen molar-refractivity contribution in [3.05, 3.63) is 64.4 Å². The molecule has 0 atom stereocenters. The van der Waals surface area contributed by atoms with Crippen molar-refractivity contribution in [3.63, 3.8) is 0 Å². The number of nitrogens with zero attached hydrogens (tertiary/aromatic N) is 2. The van der Waals surface area contributed by atoms with Gasteiger partial charge in [0.1, 0.15) is 0 Å². The van der Waals surface area contributed by atoms with E-state index in [1.807, 2.05) is 0 Å². The number of benzene rings is 2. The molecule has 0 aliphatic carbocycles. The number of para-hydroxylation sites is 1. The Morgan fingerprint density at radius 1 is 1.19 bits per heavy atom. The fourth-order valence-electron chi connectivity index (χ4n) is 2.48. The molecule has 3 rings (SSSR count). The number of carbonyl (C=O) groups excluding carboxylic acids is 1. The summed E-state index contributed by atoms with van der Waals surface area (Å²) in [5.41, 5.74) is 0.977. The minimum atomic E-state index is -2.87. The summed E-state index contributed by atoms with van der Waals surface area (Å²) >= 11 is 12.3. The topological polar surface area (TPSA) is 56.1 Å². The van der Waals surface area contributed by atoms with Crippen LogP contribution in [0.1, 0.15) is 12.1 Å². The van der Waals surface area contributed by atoms with Crippen LogP contribution in [-0.4, -0.2) is 15.9 Å². The highest BCUT2D eigenvalue weighted by Gasteiger charge is 2.21. The number of aromatic nitrogens is 2. The summed E-state index contributed by atoms with van der Waals surface area (Å²) in [5.74, 6) is -0.316. The molecular formula is C18H13Cl2F2N3O2. The van der Waals surface area contributed by atoms with Crippen LogP contribution in [0.2, 0.25) is 10.0 Å². The first-order chi connectivity index (χ1) is 12.8. The van der Waals surface area contributed by atoms with Gasteiger partial charge < -0.3 is 4.74 Å². The second-order valence-corrected chi connectivity index (χ2v) is 6.38. The van der Waals surface area contributed by atoms with Gasteiger partial charge in [0.25, 0.3) is 6.43 Å². The minimum absolute atomic E-state index is 0.316. The molecule has 1 heterocycles. The second-order valence-electron chi connectivity index (χ2n) is 5.54. The minimum Gasteiger partial charge on any atom is -0.406 e. The summed E-state index contributed by atoms with van der Waals surface area (Å²) < 4.78 is 32.1. The normalized spacial score (nSPS) is 10.9. The average Bonchev–Trinajstić information content (AvgIpc) is 2.98. The SMILES string of the molecule is Cn1cc(OC(=O)Nc2ccccc2-c2cc(Cl)ccc2Cl)c(C(F)F)n1. The number of hydrogen-bond acceptors (Lipinski definition) is 3. The molecule has 0 saturated heterocycles. The summed E-state index contributed by atoms with van der Waals surface area (Å²) in [7, 11) is 1.45. The van der Waals surface area contributed by atoms with Crippen LogP contribution in [0.3, 0.4) is 0 Å². The van der Waals surface area contributed by atoms with Crippen molar-refractivity contribution in [1.82, 2.24) is 9.78 Å². The number of halogens is 4. The molecule has 0 saturated carbocycles. The highest BCUT2D eigenvalue weighted by Crippen LogP contribution is 2.35. The summed E-state index contributed by atoms with van der Waals surface area (Å²) in [5, 5.41) is 7.04. The van der Waals surface area contributed by atoms with Crippen LogP contribution in [0, 0.1) is 0 Å². The van der Waals surface area contributed by atoms with Crippen LogP contribution in [0.25, 0.3) is 11.1 Å². The van der Waals surface area contributed by atoms with Crippen molar-refractivity contribution >= 4 is 35.0 Å². The van der Waals surface area contributed by atoms with Crippen LogP contribution in [0.4, 0.5) is 19.3 Å². The van der Waals surface area contributed by atoms with Crippen LogP contribution < -0.4 is 10.1 Å². The lowest BCUT2D eigenvalue weighted by Gasteiger charge is -2.13. The lowest BCUT2D eigenvalue weighted by atomic mass is 10.0. The van der Waals surface area contributed by atoms with E-state index in [-0.39, 0.29) is 5.75 Å². The number of nitrogens with one attached hydrogen (secondary N) is 1. The molecule has 0 aliphatic heterocycles. The number of amides is 1. The van der Waals surface area contributed by atoms with Gasteiger partial charge in [0.15, 0.2) is 11.4 Å². The first-order valence-corrected chi connectivity index (χ1v) is 8.45. The lowest BCUT2D eigenvalue weighted by molar-refractivity contribution is 0.141. The molecule has 3 aromatic rings. The smallest absolute Gasteiger partial charge is 0.406 e. The van der Waals surface area contributed by atoms with Crippen molar-refractivity contribution in [2.24, 2.45) is 7.05 Å². The van der Waals surface area contributed by atoms with Crippen LogP contribution in [0.15, 0.2) is 48.7 Å². The Balaban J connectivity index is 1.87. The molecule has 0 bridgehead atoms. The van der Waals surface area contributed by atoms with Gasteiger partial charge in [-0.25, -0.2) is 13.6 Å². The molecular weight excluding hydrogens is 399 g/mol. The highest BCUT2D eigenvalue weighted by atomic mass is 35.5. The number of anilines is 1.